The summed E-state index contributed by atoms with van der Waals surface area (Å²) in [6.45, 7) is 4.32. The predicted octanol–water partition coefficient (Wildman–Crippen LogP) is 5.62. The molecular formula is C17H17FN2S2. The van der Waals surface area contributed by atoms with Gasteiger partial charge in [-0.1, -0.05) is 25.1 Å². The Bertz CT molecular complexity index is 815. The number of benzene rings is 1. The fourth-order valence-corrected chi connectivity index (χ4v) is 4.07. The molecular weight excluding hydrogens is 315 g/mol. The number of halogens is 1. The van der Waals surface area contributed by atoms with Crippen molar-refractivity contribution < 1.29 is 4.39 Å². The van der Waals surface area contributed by atoms with Gasteiger partial charge in [0.15, 0.2) is 4.80 Å². The monoisotopic (exact) mass is 332 g/mol. The average Bonchev–Trinajstić information content (AvgIpc) is 3.18. The highest BCUT2D eigenvalue weighted by atomic mass is 32.1. The Hall–Kier alpha value is -1.72. The van der Waals surface area contributed by atoms with Crippen LogP contribution in [0.25, 0.3) is 10.6 Å². The second kappa shape index (κ2) is 6.58. The van der Waals surface area contributed by atoms with Gasteiger partial charge in [0.05, 0.1) is 10.6 Å². The van der Waals surface area contributed by atoms with Crippen LogP contribution in [0.5, 0.6) is 0 Å². The molecule has 0 bridgehead atoms. The minimum absolute atomic E-state index is 0.288. The SMILES string of the molecule is CCC(C)n1c(-c2cccs2)csc1=Nc1ccccc1F. The van der Waals surface area contributed by atoms with Crippen molar-refractivity contribution in [1.82, 2.24) is 4.57 Å². The van der Waals surface area contributed by atoms with Crippen LogP contribution in [0.1, 0.15) is 26.3 Å². The third-order valence-corrected chi connectivity index (χ3v) is 5.35. The number of thiazole rings is 1. The lowest BCUT2D eigenvalue weighted by Crippen LogP contribution is -2.19. The fourth-order valence-electron chi connectivity index (χ4n) is 2.26. The van der Waals surface area contributed by atoms with E-state index in [1.165, 1.54) is 10.9 Å². The van der Waals surface area contributed by atoms with E-state index in [1.807, 2.05) is 12.1 Å². The van der Waals surface area contributed by atoms with Crippen LogP contribution in [0.3, 0.4) is 0 Å². The molecule has 2 heterocycles. The highest BCUT2D eigenvalue weighted by Crippen LogP contribution is 2.28. The van der Waals surface area contributed by atoms with Crippen LogP contribution in [0.15, 0.2) is 52.2 Å². The first-order chi connectivity index (χ1) is 10.7. The number of para-hydroxylation sites is 1. The molecule has 0 aliphatic carbocycles. The molecule has 2 aromatic heterocycles. The van der Waals surface area contributed by atoms with E-state index in [-0.39, 0.29) is 5.82 Å². The zero-order valence-corrected chi connectivity index (χ0v) is 14.1. The summed E-state index contributed by atoms with van der Waals surface area (Å²) in [4.78, 5) is 6.60. The van der Waals surface area contributed by atoms with E-state index in [1.54, 1.807) is 34.8 Å². The molecule has 2 nitrogen and oxygen atoms in total. The van der Waals surface area contributed by atoms with E-state index in [9.17, 15) is 4.39 Å². The van der Waals surface area contributed by atoms with Crippen molar-refractivity contribution in [3.63, 3.8) is 0 Å². The minimum Gasteiger partial charge on any atom is -0.313 e. The summed E-state index contributed by atoms with van der Waals surface area (Å²) in [7, 11) is 0. The smallest absolute Gasteiger partial charge is 0.190 e. The molecule has 1 atom stereocenters. The van der Waals surface area contributed by atoms with Gasteiger partial charge >= 0.3 is 0 Å². The van der Waals surface area contributed by atoms with E-state index < -0.39 is 0 Å². The summed E-state index contributed by atoms with van der Waals surface area (Å²) in [5, 5.41) is 4.18. The molecule has 0 saturated heterocycles. The molecule has 0 N–H and O–H groups in total. The van der Waals surface area contributed by atoms with Crippen molar-refractivity contribution in [1.29, 1.82) is 0 Å². The molecule has 0 amide bonds. The number of hydrogen-bond donors (Lipinski definition) is 0. The van der Waals surface area contributed by atoms with Gasteiger partial charge in [-0.3, -0.25) is 0 Å². The second-order valence-electron chi connectivity index (χ2n) is 5.07. The molecule has 3 aromatic rings. The van der Waals surface area contributed by atoms with Crippen LogP contribution in [-0.2, 0) is 0 Å². The van der Waals surface area contributed by atoms with Crippen molar-refractivity contribution >= 4 is 28.4 Å². The summed E-state index contributed by atoms with van der Waals surface area (Å²) >= 11 is 3.27. The fraction of sp³-hybridized carbons (Fsp3) is 0.235. The van der Waals surface area contributed by atoms with Crippen LogP contribution in [-0.4, -0.2) is 4.57 Å². The highest BCUT2D eigenvalue weighted by molar-refractivity contribution is 7.14. The third kappa shape index (κ3) is 2.91. The Morgan fingerprint density at radius 3 is 2.68 bits per heavy atom. The Labute approximate surface area is 137 Å². The van der Waals surface area contributed by atoms with Crippen LogP contribution < -0.4 is 4.80 Å². The van der Waals surface area contributed by atoms with Crippen molar-refractivity contribution in [2.24, 2.45) is 4.99 Å². The first kappa shape index (κ1) is 15.2. The lowest BCUT2D eigenvalue weighted by Gasteiger charge is -2.14. The third-order valence-electron chi connectivity index (χ3n) is 3.62. The average molecular weight is 332 g/mol. The summed E-state index contributed by atoms with van der Waals surface area (Å²) in [6, 6.07) is 11.1. The zero-order chi connectivity index (χ0) is 15.5. The highest BCUT2D eigenvalue weighted by Gasteiger charge is 2.13. The quantitative estimate of drug-likeness (QED) is 0.590. The summed E-state index contributed by atoms with van der Waals surface area (Å²) in [5.74, 6) is -0.288. The van der Waals surface area contributed by atoms with Crippen LogP contribution in [0, 0.1) is 5.82 Å². The van der Waals surface area contributed by atoms with Crippen molar-refractivity contribution in [2.75, 3.05) is 0 Å². The lowest BCUT2D eigenvalue weighted by atomic mass is 10.2. The Balaban J connectivity index is 2.19. The normalized spacial score (nSPS) is 13.5. The predicted molar refractivity (Wildman–Crippen MR) is 92.2 cm³/mol. The minimum atomic E-state index is -0.288. The van der Waals surface area contributed by atoms with Gasteiger partial charge in [0, 0.05) is 11.4 Å². The lowest BCUT2D eigenvalue weighted by molar-refractivity contribution is 0.524. The molecule has 114 valence electrons. The van der Waals surface area contributed by atoms with Crippen LogP contribution in [0.4, 0.5) is 10.1 Å². The molecule has 0 fully saturated rings. The van der Waals surface area contributed by atoms with Gasteiger partial charge < -0.3 is 4.57 Å². The van der Waals surface area contributed by atoms with Crippen LogP contribution in [0.2, 0.25) is 0 Å². The second-order valence-corrected chi connectivity index (χ2v) is 6.86. The van der Waals surface area contributed by atoms with E-state index >= 15 is 0 Å². The number of hydrogen-bond acceptors (Lipinski definition) is 3. The van der Waals surface area contributed by atoms with Gasteiger partial charge in [0.2, 0.25) is 0 Å². The molecule has 0 saturated carbocycles. The molecule has 0 aliphatic rings. The summed E-state index contributed by atoms with van der Waals surface area (Å²) < 4.78 is 16.1. The Morgan fingerprint density at radius 1 is 1.18 bits per heavy atom. The molecule has 3 rings (SSSR count). The van der Waals surface area contributed by atoms with Crippen molar-refractivity contribution in [3.8, 4) is 10.6 Å². The van der Waals surface area contributed by atoms with E-state index in [0.717, 1.165) is 16.9 Å². The van der Waals surface area contributed by atoms with E-state index in [4.69, 9.17) is 0 Å². The van der Waals surface area contributed by atoms with Gasteiger partial charge in [-0.25, -0.2) is 9.38 Å². The van der Waals surface area contributed by atoms with Gasteiger partial charge in [-0.15, -0.1) is 22.7 Å². The number of nitrogens with zero attached hydrogens (tertiary/aromatic N) is 2. The molecule has 1 aromatic carbocycles. The molecule has 0 spiro atoms. The summed E-state index contributed by atoms with van der Waals surface area (Å²) in [5.41, 5.74) is 1.54. The molecule has 0 radical (unpaired) electrons. The van der Waals surface area contributed by atoms with Crippen LogP contribution >= 0.6 is 22.7 Å². The largest absolute Gasteiger partial charge is 0.313 e. The van der Waals surface area contributed by atoms with E-state index in [0.29, 0.717) is 11.7 Å². The number of rotatable bonds is 4. The molecule has 0 aliphatic heterocycles. The maximum absolute atomic E-state index is 13.9. The molecule has 22 heavy (non-hydrogen) atoms. The Morgan fingerprint density at radius 2 is 2.00 bits per heavy atom. The first-order valence-corrected chi connectivity index (χ1v) is 8.99. The maximum atomic E-state index is 13.9. The first-order valence-electron chi connectivity index (χ1n) is 7.24. The van der Waals surface area contributed by atoms with Gasteiger partial charge in [0.25, 0.3) is 0 Å². The van der Waals surface area contributed by atoms with Crippen molar-refractivity contribution in [3.05, 3.63) is 57.8 Å². The van der Waals surface area contributed by atoms with Gasteiger partial charge in [-0.05, 0) is 36.9 Å². The zero-order valence-electron chi connectivity index (χ0n) is 12.5. The topological polar surface area (TPSA) is 17.3 Å². The van der Waals surface area contributed by atoms with Gasteiger partial charge in [-0.2, -0.15) is 0 Å². The Kier molecular flexibility index (Phi) is 4.55. The number of thiophene rings is 1. The maximum Gasteiger partial charge on any atom is 0.190 e. The number of aromatic nitrogens is 1. The van der Waals surface area contributed by atoms with Crippen molar-refractivity contribution in [2.45, 2.75) is 26.3 Å². The van der Waals surface area contributed by atoms with Gasteiger partial charge in [0.1, 0.15) is 11.5 Å². The molecule has 5 heteroatoms. The summed E-state index contributed by atoms with van der Waals surface area (Å²) in [6.07, 6.45) is 1.000. The van der Waals surface area contributed by atoms with E-state index in [2.05, 4.69) is 40.2 Å². The molecule has 1 unspecified atom stereocenters. The standard InChI is InChI=1S/C17H17FN2S2/c1-3-12(2)20-15(16-9-6-10-21-16)11-22-17(20)19-14-8-5-4-7-13(14)18/h4-12H,3H2,1-2H3.